The van der Waals surface area contributed by atoms with Crippen molar-refractivity contribution in [3.63, 3.8) is 0 Å². The molecule has 0 atom stereocenters. The first-order chi connectivity index (χ1) is 13.1. The van der Waals surface area contributed by atoms with Crippen molar-refractivity contribution < 1.29 is 14.3 Å². The molecule has 27 heavy (non-hydrogen) atoms. The number of nitrogens with zero attached hydrogens (tertiary/aromatic N) is 2. The van der Waals surface area contributed by atoms with E-state index in [2.05, 4.69) is 20.6 Å². The molecule has 0 aliphatic rings. The number of aromatic nitrogens is 2. The van der Waals surface area contributed by atoms with Crippen LogP contribution in [0.25, 0.3) is 0 Å². The van der Waals surface area contributed by atoms with E-state index in [1.165, 1.54) is 19.5 Å². The highest BCUT2D eigenvalue weighted by molar-refractivity contribution is 6.30. The molecule has 1 amide bonds. The van der Waals surface area contributed by atoms with Crippen LogP contribution in [0.3, 0.4) is 0 Å². The third-order valence-corrected chi connectivity index (χ3v) is 3.89. The monoisotopic (exact) mass is 384 g/mol. The molecule has 1 aromatic heterocycles. The van der Waals surface area contributed by atoms with Crippen LogP contribution < -0.4 is 20.1 Å². The molecule has 0 aliphatic carbocycles. The zero-order valence-electron chi connectivity index (χ0n) is 14.7. The Hall–Kier alpha value is -3.32. The molecule has 1 heterocycles. The second-order valence-corrected chi connectivity index (χ2v) is 5.89. The van der Waals surface area contributed by atoms with Crippen LogP contribution in [0.4, 0.5) is 17.3 Å². The van der Waals surface area contributed by atoms with E-state index in [-0.39, 0.29) is 5.91 Å². The van der Waals surface area contributed by atoms with Crippen molar-refractivity contribution in [3.8, 4) is 11.5 Å². The van der Waals surface area contributed by atoms with Gasteiger partial charge < -0.3 is 20.1 Å². The maximum atomic E-state index is 12.4. The van der Waals surface area contributed by atoms with Crippen molar-refractivity contribution >= 4 is 34.8 Å². The minimum absolute atomic E-state index is 0.310. The van der Waals surface area contributed by atoms with E-state index >= 15 is 0 Å². The molecule has 0 aliphatic heterocycles. The Bertz CT molecular complexity index is 948. The van der Waals surface area contributed by atoms with Crippen molar-refractivity contribution in [2.24, 2.45) is 0 Å². The molecule has 0 radical (unpaired) electrons. The summed E-state index contributed by atoms with van der Waals surface area (Å²) >= 11 is 5.95. The van der Waals surface area contributed by atoms with Crippen molar-refractivity contribution in [2.75, 3.05) is 24.9 Å². The Morgan fingerprint density at radius 1 is 1.04 bits per heavy atom. The highest BCUT2D eigenvalue weighted by Gasteiger charge is 2.12. The summed E-state index contributed by atoms with van der Waals surface area (Å²) < 4.78 is 10.4. The third kappa shape index (κ3) is 4.65. The lowest BCUT2D eigenvalue weighted by Gasteiger charge is -2.11. The number of carbonyl (C=O) groups excluding carboxylic acids is 1. The van der Waals surface area contributed by atoms with Crippen LogP contribution >= 0.6 is 11.6 Å². The number of amides is 1. The molecule has 0 saturated heterocycles. The predicted molar refractivity (Wildman–Crippen MR) is 104 cm³/mol. The van der Waals surface area contributed by atoms with Crippen LogP contribution in [-0.4, -0.2) is 30.1 Å². The molecule has 3 aromatic rings. The minimum Gasteiger partial charge on any atom is -0.497 e. The van der Waals surface area contributed by atoms with E-state index < -0.39 is 0 Å². The van der Waals surface area contributed by atoms with E-state index in [1.54, 1.807) is 37.4 Å². The summed E-state index contributed by atoms with van der Waals surface area (Å²) in [6.45, 7) is 0. The summed E-state index contributed by atoms with van der Waals surface area (Å²) in [5.41, 5.74) is 1.58. The lowest BCUT2D eigenvalue weighted by Crippen LogP contribution is -2.13. The van der Waals surface area contributed by atoms with Gasteiger partial charge in [0.25, 0.3) is 5.91 Å². The third-order valence-electron chi connectivity index (χ3n) is 3.65. The molecule has 138 valence electrons. The van der Waals surface area contributed by atoms with E-state index in [0.717, 1.165) is 5.69 Å². The lowest BCUT2D eigenvalue weighted by atomic mass is 10.2. The van der Waals surface area contributed by atoms with Gasteiger partial charge in [-0.1, -0.05) is 17.7 Å². The average Bonchev–Trinajstić information content (AvgIpc) is 2.69. The second-order valence-electron chi connectivity index (χ2n) is 5.45. The van der Waals surface area contributed by atoms with E-state index in [1.807, 2.05) is 12.1 Å². The topological polar surface area (TPSA) is 85.4 Å². The van der Waals surface area contributed by atoms with Gasteiger partial charge in [-0.25, -0.2) is 9.97 Å². The molecule has 0 fully saturated rings. The number of benzene rings is 2. The average molecular weight is 385 g/mol. The Morgan fingerprint density at radius 3 is 2.48 bits per heavy atom. The van der Waals surface area contributed by atoms with Crippen LogP contribution in [-0.2, 0) is 0 Å². The van der Waals surface area contributed by atoms with Gasteiger partial charge in [0.2, 0.25) is 5.95 Å². The number of rotatable bonds is 6. The number of nitrogens with one attached hydrogen (secondary N) is 2. The smallest absolute Gasteiger partial charge is 0.258 e. The largest absolute Gasteiger partial charge is 0.497 e. The highest BCUT2D eigenvalue weighted by atomic mass is 35.5. The Kier molecular flexibility index (Phi) is 5.73. The van der Waals surface area contributed by atoms with Gasteiger partial charge >= 0.3 is 0 Å². The summed E-state index contributed by atoms with van der Waals surface area (Å²) in [6, 6.07) is 12.3. The fourth-order valence-electron chi connectivity index (χ4n) is 2.30. The zero-order chi connectivity index (χ0) is 19.2. The number of anilines is 3. The van der Waals surface area contributed by atoms with Crippen molar-refractivity contribution in [1.82, 2.24) is 9.97 Å². The first kappa shape index (κ1) is 18.5. The van der Waals surface area contributed by atoms with Crippen LogP contribution in [0.15, 0.2) is 54.9 Å². The SMILES string of the molecule is COc1ccc(NC(=O)c2cnc(Nc3cccc(Cl)c3)nc2)c(OC)c1. The summed E-state index contributed by atoms with van der Waals surface area (Å²) in [7, 11) is 3.08. The lowest BCUT2D eigenvalue weighted by molar-refractivity contribution is 0.102. The quantitative estimate of drug-likeness (QED) is 0.664. The highest BCUT2D eigenvalue weighted by Crippen LogP contribution is 2.29. The van der Waals surface area contributed by atoms with Crippen LogP contribution in [0, 0.1) is 0 Å². The summed E-state index contributed by atoms with van der Waals surface area (Å²) in [5, 5.41) is 6.39. The number of hydrogen-bond acceptors (Lipinski definition) is 6. The number of halogens is 1. The van der Waals surface area contributed by atoms with Gasteiger partial charge in [-0.15, -0.1) is 0 Å². The van der Waals surface area contributed by atoms with E-state index in [4.69, 9.17) is 21.1 Å². The summed E-state index contributed by atoms with van der Waals surface area (Å²) in [4.78, 5) is 20.8. The van der Waals surface area contributed by atoms with Gasteiger partial charge in [-0.2, -0.15) is 0 Å². The molecule has 8 heteroatoms. The van der Waals surface area contributed by atoms with Crippen LogP contribution in [0.2, 0.25) is 5.02 Å². The number of hydrogen-bond donors (Lipinski definition) is 2. The second kappa shape index (κ2) is 8.37. The van der Waals surface area contributed by atoms with Crippen molar-refractivity contribution in [1.29, 1.82) is 0 Å². The van der Waals surface area contributed by atoms with Gasteiger partial charge in [-0.05, 0) is 30.3 Å². The van der Waals surface area contributed by atoms with Gasteiger partial charge in [0.1, 0.15) is 11.5 Å². The maximum absolute atomic E-state index is 12.4. The molecular formula is C19H17ClN4O3. The molecular weight excluding hydrogens is 368 g/mol. The minimum atomic E-state index is -0.354. The molecule has 2 aromatic carbocycles. The fraction of sp³-hybridized carbons (Fsp3) is 0.105. The van der Waals surface area contributed by atoms with Gasteiger partial charge in [-0.3, -0.25) is 4.79 Å². The van der Waals surface area contributed by atoms with Gasteiger partial charge in [0, 0.05) is 29.2 Å². The van der Waals surface area contributed by atoms with Crippen molar-refractivity contribution in [3.05, 3.63) is 65.4 Å². The van der Waals surface area contributed by atoms with E-state index in [9.17, 15) is 4.79 Å². The predicted octanol–water partition coefficient (Wildman–Crippen LogP) is 4.14. The zero-order valence-corrected chi connectivity index (χ0v) is 15.4. The van der Waals surface area contributed by atoms with E-state index in [0.29, 0.717) is 33.7 Å². The fourth-order valence-corrected chi connectivity index (χ4v) is 2.49. The summed E-state index contributed by atoms with van der Waals surface area (Å²) in [6.07, 6.45) is 2.87. The maximum Gasteiger partial charge on any atom is 0.258 e. The molecule has 0 spiro atoms. The normalized spacial score (nSPS) is 10.2. The molecule has 0 unspecified atom stereocenters. The Morgan fingerprint density at radius 2 is 1.81 bits per heavy atom. The molecule has 3 rings (SSSR count). The molecule has 0 saturated carbocycles. The first-order valence-electron chi connectivity index (χ1n) is 7.97. The Balaban J connectivity index is 1.71. The van der Waals surface area contributed by atoms with Gasteiger partial charge in [0.05, 0.1) is 25.5 Å². The molecule has 0 bridgehead atoms. The Labute approximate surface area is 161 Å². The van der Waals surface area contributed by atoms with Crippen LogP contribution in [0.1, 0.15) is 10.4 Å². The van der Waals surface area contributed by atoms with Crippen molar-refractivity contribution in [2.45, 2.75) is 0 Å². The number of ether oxygens (including phenoxy) is 2. The van der Waals surface area contributed by atoms with Gasteiger partial charge in [0.15, 0.2) is 0 Å². The number of carbonyl (C=O) groups is 1. The molecule has 2 N–H and O–H groups in total. The summed E-state index contributed by atoms with van der Waals surface area (Å²) in [5.74, 6) is 1.12. The standard InChI is InChI=1S/C19H17ClN4O3/c1-26-15-6-7-16(17(9-15)27-2)24-18(25)12-10-21-19(22-11-12)23-14-5-3-4-13(20)8-14/h3-11H,1-2H3,(H,24,25)(H,21,22,23). The number of methoxy groups -OCH3 is 2. The first-order valence-corrected chi connectivity index (χ1v) is 8.35. The van der Waals surface area contributed by atoms with Crippen LogP contribution in [0.5, 0.6) is 11.5 Å². The molecule has 7 nitrogen and oxygen atoms in total.